The van der Waals surface area contributed by atoms with Crippen LogP contribution in [0.2, 0.25) is 0 Å². The van der Waals surface area contributed by atoms with E-state index in [4.69, 9.17) is 0 Å². The number of nitrogens with one attached hydrogen (secondary N) is 1. The zero-order chi connectivity index (χ0) is 47.5. The van der Waals surface area contributed by atoms with Gasteiger partial charge in [0.25, 0.3) is 0 Å². The summed E-state index contributed by atoms with van der Waals surface area (Å²) in [6.45, 7) is 2.24. The molecule has 0 bridgehead atoms. The van der Waals surface area contributed by atoms with Gasteiger partial charge in [0.05, 0.1) is 0 Å². The molecule has 0 saturated heterocycles. The molecule has 4 heteroatoms. The zero-order valence-corrected chi connectivity index (χ0v) is 39.6. The summed E-state index contributed by atoms with van der Waals surface area (Å²) >= 11 is 0. The topological polar surface area (TPSA) is 18.5 Å². The van der Waals surface area contributed by atoms with E-state index in [2.05, 4.69) is 295 Å². The fraction of sp³-hybridized carbons (Fsp3) is 0.0149. The lowest BCUT2D eigenvalue weighted by molar-refractivity contribution is 1.26. The fourth-order valence-electron chi connectivity index (χ4n) is 10.2. The van der Waals surface area contributed by atoms with E-state index in [9.17, 15) is 0 Å². The molecule has 0 saturated carbocycles. The van der Waals surface area contributed by atoms with Gasteiger partial charge in [-0.15, -0.1) is 0 Å². The van der Waals surface area contributed by atoms with Gasteiger partial charge >= 0.3 is 0 Å². The van der Waals surface area contributed by atoms with Crippen molar-refractivity contribution in [2.24, 2.45) is 0 Å². The second-order valence-electron chi connectivity index (χ2n) is 18.3. The number of hydrogen-bond donors (Lipinski definition) is 1. The lowest BCUT2D eigenvalue weighted by atomic mass is 9.57. The maximum Gasteiger partial charge on any atom is 0.198 e. The van der Waals surface area contributed by atoms with Gasteiger partial charge in [0.1, 0.15) is 0 Å². The molecule has 71 heavy (non-hydrogen) atoms. The van der Waals surface area contributed by atoms with Crippen molar-refractivity contribution < 1.29 is 0 Å². The lowest BCUT2D eigenvalue weighted by Crippen LogP contribution is -2.41. The Morgan fingerprint density at radius 1 is 0.338 bits per heavy atom. The summed E-state index contributed by atoms with van der Waals surface area (Å²) < 4.78 is 0. The van der Waals surface area contributed by atoms with Gasteiger partial charge in [-0.3, -0.25) is 0 Å². The summed E-state index contributed by atoms with van der Waals surface area (Å²) in [7, 11) is 0.747. The summed E-state index contributed by atoms with van der Waals surface area (Å²) in [6.07, 6.45) is 0. The first kappa shape index (κ1) is 43.2. The molecule has 1 aliphatic rings. The molecular formula is C67H50BN3. The molecule has 1 aliphatic heterocycles. The minimum Gasteiger partial charge on any atom is -0.355 e. The van der Waals surface area contributed by atoms with Crippen molar-refractivity contribution in [2.45, 2.75) is 6.92 Å². The minimum atomic E-state index is 0.747. The molecule has 0 atom stereocenters. The molecule has 1 N–H and O–H groups in total. The number of anilines is 8. The number of benzene rings is 11. The fourth-order valence-corrected chi connectivity index (χ4v) is 10.2. The predicted octanol–water partition coefficient (Wildman–Crippen LogP) is 16.7. The quantitative estimate of drug-likeness (QED) is 0.130. The van der Waals surface area contributed by atoms with E-state index in [1.165, 1.54) is 72.4 Å². The van der Waals surface area contributed by atoms with Gasteiger partial charge in [0.15, 0.2) is 7.28 Å². The van der Waals surface area contributed by atoms with Gasteiger partial charge < -0.3 is 15.1 Å². The molecule has 0 radical (unpaired) electrons. The molecule has 0 amide bonds. The maximum atomic E-state index is 4.00. The summed E-state index contributed by atoms with van der Waals surface area (Å²) in [6, 6.07) is 98.8. The Morgan fingerprint density at radius 3 is 1.38 bits per heavy atom. The van der Waals surface area contributed by atoms with Gasteiger partial charge in [-0.25, -0.2) is 0 Å². The normalized spacial score (nSPS) is 11.5. The molecule has 0 spiro atoms. The number of para-hydroxylation sites is 2. The molecule has 12 rings (SSSR count). The Morgan fingerprint density at radius 2 is 0.803 bits per heavy atom. The molecule has 0 fully saturated rings. The Bertz CT molecular complexity index is 3580. The monoisotopic (exact) mass is 907 g/mol. The number of aryl methyl sites for hydroxylation is 1. The van der Waals surface area contributed by atoms with Crippen LogP contribution in [0.3, 0.4) is 0 Å². The summed E-state index contributed by atoms with van der Waals surface area (Å²) in [5.74, 6) is 0. The van der Waals surface area contributed by atoms with E-state index in [0.717, 1.165) is 52.5 Å². The largest absolute Gasteiger partial charge is 0.355 e. The molecule has 0 unspecified atom stereocenters. The Balaban J connectivity index is 1.10. The van der Waals surface area contributed by atoms with Crippen molar-refractivity contribution in [2.75, 3.05) is 15.1 Å². The molecule has 0 aliphatic carbocycles. The van der Waals surface area contributed by atoms with Crippen molar-refractivity contribution in [3.8, 4) is 55.6 Å². The van der Waals surface area contributed by atoms with E-state index in [-0.39, 0.29) is 0 Å². The zero-order valence-electron chi connectivity index (χ0n) is 39.6. The predicted molar refractivity (Wildman–Crippen MR) is 304 cm³/mol. The molecule has 1 heterocycles. The molecule has 11 aromatic rings. The number of rotatable bonds is 11. The summed E-state index contributed by atoms with van der Waals surface area (Å²) in [4.78, 5) is 4.88. The first-order valence-corrected chi connectivity index (χ1v) is 24.5. The van der Waals surface area contributed by atoms with Crippen LogP contribution >= 0.6 is 0 Å². The highest BCUT2D eigenvalue weighted by Crippen LogP contribution is 2.46. The Labute approximate surface area is 417 Å². The highest BCUT2D eigenvalue weighted by Gasteiger charge is 2.31. The van der Waals surface area contributed by atoms with Crippen LogP contribution in [-0.2, 0) is 0 Å². The van der Waals surface area contributed by atoms with E-state index >= 15 is 0 Å². The summed E-state index contributed by atoms with van der Waals surface area (Å²) in [5, 5.41) is 4.00. The SMILES string of the molecule is Cc1ccc(-c2ccccc2)cc1N1c2ccc(-c3ccccc3)cc2Bc2c(-c3ccc(N(c4ccccc4)c4ccccc4)cc3Nc3ccc(-c4ccccc4)cc3)cc(-c3ccccc3)cc21. The van der Waals surface area contributed by atoms with Crippen molar-refractivity contribution in [3.05, 3.63) is 279 Å². The van der Waals surface area contributed by atoms with Crippen LogP contribution in [-0.4, -0.2) is 7.28 Å². The van der Waals surface area contributed by atoms with E-state index in [0.29, 0.717) is 0 Å². The summed E-state index contributed by atoms with van der Waals surface area (Å²) in [5.41, 5.74) is 24.3. The molecule has 0 aromatic heterocycles. The van der Waals surface area contributed by atoms with Gasteiger partial charge in [0.2, 0.25) is 0 Å². The Hall–Kier alpha value is -9.12. The van der Waals surface area contributed by atoms with Crippen molar-refractivity contribution >= 4 is 63.7 Å². The molecular weight excluding hydrogens is 858 g/mol. The number of fused-ring (bicyclic) bond motifs is 2. The van der Waals surface area contributed by atoms with E-state index < -0.39 is 0 Å². The van der Waals surface area contributed by atoms with Gasteiger partial charge in [0, 0.05) is 51.1 Å². The van der Waals surface area contributed by atoms with Gasteiger partial charge in [-0.2, -0.15) is 0 Å². The second kappa shape index (κ2) is 19.1. The molecule has 3 nitrogen and oxygen atoms in total. The van der Waals surface area contributed by atoms with Crippen LogP contribution < -0.4 is 26.0 Å². The average Bonchev–Trinajstić information content (AvgIpc) is 3.44. The van der Waals surface area contributed by atoms with Crippen LogP contribution in [0, 0.1) is 6.92 Å². The third-order valence-electron chi connectivity index (χ3n) is 13.8. The van der Waals surface area contributed by atoms with Crippen LogP contribution in [0.25, 0.3) is 55.6 Å². The van der Waals surface area contributed by atoms with Crippen molar-refractivity contribution in [3.63, 3.8) is 0 Å². The molecule has 336 valence electrons. The lowest BCUT2D eigenvalue weighted by Gasteiger charge is -2.37. The van der Waals surface area contributed by atoms with Crippen LogP contribution in [0.4, 0.5) is 45.5 Å². The third-order valence-corrected chi connectivity index (χ3v) is 13.8. The highest BCUT2D eigenvalue weighted by molar-refractivity contribution is 6.73. The van der Waals surface area contributed by atoms with Crippen molar-refractivity contribution in [1.29, 1.82) is 0 Å². The van der Waals surface area contributed by atoms with Crippen LogP contribution in [0.5, 0.6) is 0 Å². The first-order valence-electron chi connectivity index (χ1n) is 24.5. The van der Waals surface area contributed by atoms with E-state index in [1.54, 1.807) is 0 Å². The molecule has 11 aromatic carbocycles. The first-order chi connectivity index (χ1) is 35.1. The van der Waals surface area contributed by atoms with Gasteiger partial charge in [-0.1, -0.05) is 206 Å². The number of nitrogens with zero attached hydrogens (tertiary/aromatic N) is 2. The van der Waals surface area contributed by atoms with Crippen LogP contribution in [0.15, 0.2) is 273 Å². The Kier molecular flexibility index (Phi) is 11.6. The maximum absolute atomic E-state index is 4.00. The van der Waals surface area contributed by atoms with E-state index in [1.807, 2.05) is 0 Å². The average molecular weight is 908 g/mol. The standard InChI is InChI=1S/C67H50BN3/c1-47-32-33-54(50-24-12-4-13-25-50)44-65(47)71-64-41-36-53(49-22-10-3-11-23-49)43-62(64)68-67-61(42-55(45-66(67)71)51-26-14-5-15-27-51)60-40-39-59(70(57-28-16-6-17-29-57)58-30-18-7-19-31-58)46-63(60)69-56-37-34-52(35-38-56)48-20-8-2-9-21-48/h2-46,68-69H,1H3. The van der Waals surface area contributed by atoms with Crippen molar-refractivity contribution in [1.82, 2.24) is 0 Å². The second-order valence-corrected chi connectivity index (χ2v) is 18.3. The third kappa shape index (κ3) is 8.69. The number of hydrogen-bond acceptors (Lipinski definition) is 3. The van der Waals surface area contributed by atoms with Gasteiger partial charge in [-0.05, 0) is 141 Å². The van der Waals surface area contributed by atoms with Crippen LogP contribution in [0.1, 0.15) is 5.56 Å². The highest BCUT2D eigenvalue weighted by atomic mass is 15.2. The smallest absolute Gasteiger partial charge is 0.198 e. The minimum absolute atomic E-state index is 0.747.